The van der Waals surface area contributed by atoms with Crippen LogP contribution < -0.4 is 0 Å². The molecule has 0 bridgehead atoms. The number of hydrogen-bond donors (Lipinski definition) is 0. The molecule has 0 aliphatic heterocycles. The van der Waals surface area contributed by atoms with Crippen LogP contribution in [-0.2, 0) is 0 Å². The SMILES string of the molecule is CC1=CC=CC=C(c2cc(-c3cccnc3)cc(-c3ccccc3C3C(c4ccc5c6ccccc6c6ccccc6c5c4)=CC=CC3C)c2)C1. The van der Waals surface area contributed by atoms with Crippen LogP contribution in [0.4, 0.5) is 0 Å². The van der Waals surface area contributed by atoms with Gasteiger partial charge in [0.2, 0.25) is 0 Å². The van der Waals surface area contributed by atoms with E-state index in [2.05, 4.69) is 177 Å². The van der Waals surface area contributed by atoms with Gasteiger partial charge in [0.1, 0.15) is 0 Å². The van der Waals surface area contributed by atoms with E-state index in [4.69, 9.17) is 0 Å². The highest BCUT2D eigenvalue weighted by Crippen LogP contribution is 2.47. The number of aromatic nitrogens is 1. The zero-order valence-electron chi connectivity index (χ0n) is 29.1. The summed E-state index contributed by atoms with van der Waals surface area (Å²) in [4.78, 5) is 4.48. The van der Waals surface area contributed by atoms with E-state index in [1.165, 1.54) is 82.4 Å². The summed E-state index contributed by atoms with van der Waals surface area (Å²) in [6.45, 7) is 4.58. The Morgan fingerprint density at radius 3 is 1.96 bits per heavy atom. The van der Waals surface area contributed by atoms with Gasteiger partial charge < -0.3 is 0 Å². The molecule has 9 rings (SSSR count). The van der Waals surface area contributed by atoms with Crippen LogP contribution in [0.15, 0.2) is 182 Å². The van der Waals surface area contributed by atoms with Gasteiger partial charge in [0, 0.05) is 23.9 Å². The Kier molecular flexibility index (Phi) is 7.90. The summed E-state index contributed by atoms with van der Waals surface area (Å²) in [5.41, 5.74) is 12.7. The summed E-state index contributed by atoms with van der Waals surface area (Å²) in [5, 5.41) is 7.83. The highest BCUT2D eigenvalue weighted by molar-refractivity contribution is 6.25. The number of pyridine rings is 1. The third-order valence-electron chi connectivity index (χ3n) is 10.8. The van der Waals surface area contributed by atoms with Gasteiger partial charge in [-0.1, -0.05) is 146 Å². The lowest BCUT2D eigenvalue weighted by atomic mass is 9.73. The monoisotopic (exact) mass is 653 g/mol. The first kappa shape index (κ1) is 31.0. The number of rotatable bonds is 5. The summed E-state index contributed by atoms with van der Waals surface area (Å²) in [7, 11) is 0. The van der Waals surface area contributed by atoms with Gasteiger partial charge in [0.05, 0.1) is 0 Å². The molecule has 0 amide bonds. The topological polar surface area (TPSA) is 12.9 Å². The molecule has 51 heavy (non-hydrogen) atoms. The van der Waals surface area contributed by atoms with E-state index < -0.39 is 0 Å². The van der Waals surface area contributed by atoms with Crippen LogP contribution in [0, 0.1) is 5.92 Å². The van der Waals surface area contributed by atoms with Gasteiger partial charge in [-0.3, -0.25) is 4.98 Å². The standard InChI is InChI=1S/C50H39N/c1-33-13-3-4-15-35(27-33)38-28-39(37-16-12-26-51-32-37)30-40(29-38)41-17-5-10-22-48(41)50-34(2)14-11-23-42(50)36-24-25-47-45-20-7-6-18-43(45)44-19-8-9-21-46(44)49(47)31-36/h3-26,28-32,34,50H,27H2,1-2H3. The zero-order valence-corrected chi connectivity index (χ0v) is 29.1. The number of allylic oxidation sites excluding steroid dienone is 10. The molecule has 244 valence electrons. The molecule has 0 N–H and O–H groups in total. The Labute approximate surface area is 300 Å². The summed E-state index contributed by atoms with van der Waals surface area (Å²) < 4.78 is 0. The fourth-order valence-electron chi connectivity index (χ4n) is 8.35. The van der Waals surface area contributed by atoms with Crippen LogP contribution in [0.2, 0.25) is 0 Å². The van der Waals surface area contributed by atoms with Crippen molar-refractivity contribution >= 4 is 43.5 Å². The first-order valence-corrected chi connectivity index (χ1v) is 18.0. The smallest absolute Gasteiger partial charge is 0.0346 e. The van der Waals surface area contributed by atoms with Gasteiger partial charge >= 0.3 is 0 Å². The summed E-state index contributed by atoms with van der Waals surface area (Å²) >= 11 is 0. The maximum absolute atomic E-state index is 4.48. The Balaban J connectivity index is 1.21. The quantitative estimate of drug-likeness (QED) is 0.169. The predicted molar refractivity (Wildman–Crippen MR) is 219 cm³/mol. The van der Waals surface area contributed by atoms with Crippen molar-refractivity contribution in [1.29, 1.82) is 0 Å². The lowest BCUT2D eigenvalue weighted by molar-refractivity contribution is 0.651. The van der Waals surface area contributed by atoms with Crippen molar-refractivity contribution < 1.29 is 0 Å². The second kappa shape index (κ2) is 13.0. The Morgan fingerprint density at radius 1 is 0.529 bits per heavy atom. The van der Waals surface area contributed by atoms with Crippen LogP contribution in [0.25, 0.3) is 65.7 Å². The molecule has 2 unspecified atom stereocenters. The number of hydrogen-bond acceptors (Lipinski definition) is 1. The minimum atomic E-state index is 0.186. The Hall–Kier alpha value is -6.05. The maximum Gasteiger partial charge on any atom is 0.0346 e. The van der Waals surface area contributed by atoms with Crippen LogP contribution in [0.3, 0.4) is 0 Å². The summed E-state index contributed by atoms with van der Waals surface area (Å²) in [6.07, 6.45) is 20.5. The van der Waals surface area contributed by atoms with Crippen molar-refractivity contribution in [2.24, 2.45) is 5.92 Å². The van der Waals surface area contributed by atoms with Crippen LogP contribution >= 0.6 is 0 Å². The van der Waals surface area contributed by atoms with Crippen molar-refractivity contribution in [1.82, 2.24) is 4.98 Å². The van der Waals surface area contributed by atoms with E-state index in [1.807, 2.05) is 18.5 Å². The van der Waals surface area contributed by atoms with Crippen LogP contribution in [0.1, 0.15) is 42.9 Å². The minimum absolute atomic E-state index is 0.186. The van der Waals surface area contributed by atoms with Crippen molar-refractivity contribution in [3.8, 4) is 22.3 Å². The van der Waals surface area contributed by atoms with E-state index in [-0.39, 0.29) is 5.92 Å². The molecule has 2 aliphatic rings. The largest absolute Gasteiger partial charge is 0.264 e. The van der Waals surface area contributed by atoms with Gasteiger partial charge in [-0.25, -0.2) is 0 Å². The van der Waals surface area contributed by atoms with Crippen molar-refractivity contribution in [2.75, 3.05) is 0 Å². The molecular formula is C50H39N. The first-order chi connectivity index (χ1) is 25.1. The molecular weight excluding hydrogens is 615 g/mol. The molecule has 2 aliphatic carbocycles. The predicted octanol–water partition coefficient (Wildman–Crippen LogP) is 13.5. The molecule has 1 nitrogen and oxygen atoms in total. The van der Waals surface area contributed by atoms with Crippen LogP contribution in [0.5, 0.6) is 0 Å². The van der Waals surface area contributed by atoms with Gasteiger partial charge in [-0.05, 0) is 126 Å². The lowest BCUT2D eigenvalue weighted by Crippen LogP contribution is -2.14. The lowest BCUT2D eigenvalue weighted by Gasteiger charge is -2.30. The summed E-state index contributed by atoms with van der Waals surface area (Å²) in [5.74, 6) is 0.504. The van der Waals surface area contributed by atoms with Crippen LogP contribution in [-0.4, -0.2) is 4.98 Å². The molecule has 0 spiro atoms. The fourth-order valence-corrected chi connectivity index (χ4v) is 8.35. The molecule has 1 heteroatoms. The molecule has 0 saturated carbocycles. The van der Waals surface area contributed by atoms with Gasteiger partial charge in [-0.2, -0.15) is 0 Å². The zero-order chi connectivity index (χ0) is 34.3. The van der Waals surface area contributed by atoms with Gasteiger partial charge in [0.15, 0.2) is 0 Å². The molecule has 0 fully saturated rings. The fraction of sp³-hybridized carbons (Fsp3) is 0.100. The normalized spacial score (nSPS) is 17.3. The molecule has 1 aromatic heterocycles. The molecule has 0 radical (unpaired) electrons. The maximum atomic E-state index is 4.48. The number of benzene rings is 6. The van der Waals surface area contributed by atoms with E-state index >= 15 is 0 Å². The van der Waals surface area contributed by atoms with Gasteiger partial charge in [-0.15, -0.1) is 0 Å². The van der Waals surface area contributed by atoms with Crippen molar-refractivity contribution in [3.63, 3.8) is 0 Å². The first-order valence-electron chi connectivity index (χ1n) is 18.0. The van der Waals surface area contributed by atoms with E-state index in [0.29, 0.717) is 5.92 Å². The Morgan fingerprint density at radius 2 is 1.20 bits per heavy atom. The Bertz CT molecular complexity index is 2590. The highest BCUT2D eigenvalue weighted by Gasteiger charge is 2.28. The highest BCUT2D eigenvalue weighted by atomic mass is 14.6. The number of nitrogens with zero attached hydrogens (tertiary/aromatic N) is 1. The second-order valence-electron chi connectivity index (χ2n) is 14.1. The molecule has 2 atom stereocenters. The van der Waals surface area contributed by atoms with Crippen molar-refractivity contribution in [3.05, 3.63) is 199 Å². The van der Waals surface area contributed by atoms with Crippen molar-refractivity contribution in [2.45, 2.75) is 26.2 Å². The average Bonchev–Trinajstić information content (AvgIpc) is 3.42. The molecule has 6 aromatic carbocycles. The average molecular weight is 654 g/mol. The molecule has 1 heterocycles. The number of fused-ring (bicyclic) bond motifs is 6. The van der Waals surface area contributed by atoms with E-state index in [1.54, 1.807) is 0 Å². The molecule has 0 saturated heterocycles. The van der Waals surface area contributed by atoms with E-state index in [9.17, 15) is 0 Å². The summed E-state index contributed by atoms with van der Waals surface area (Å²) in [6, 6.07) is 45.2. The third kappa shape index (κ3) is 5.65. The third-order valence-corrected chi connectivity index (χ3v) is 10.8. The minimum Gasteiger partial charge on any atom is -0.264 e. The second-order valence-corrected chi connectivity index (χ2v) is 14.1. The molecule has 7 aromatic rings. The van der Waals surface area contributed by atoms with E-state index in [0.717, 1.165) is 12.0 Å². The van der Waals surface area contributed by atoms with Gasteiger partial charge in [0.25, 0.3) is 0 Å².